The molecule has 2 aromatic rings. The highest BCUT2D eigenvalue weighted by Crippen LogP contribution is 2.19. The molecule has 0 aliphatic heterocycles. The Labute approximate surface area is 148 Å². The molecule has 1 N–H and O–H groups in total. The number of nitrogens with zero attached hydrogens (tertiary/aromatic N) is 1. The van der Waals surface area contributed by atoms with Crippen LogP contribution < -0.4 is 10.1 Å². The predicted octanol–water partition coefficient (Wildman–Crippen LogP) is 2.92. The third kappa shape index (κ3) is 5.64. The van der Waals surface area contributed by atoms with E-state index in [1.165, 1.54) is 6.92 Å². The predicted molar refractivity (Wildman–Crippen MR) is 97.1 cm³/mol. The Morgan fingerprint density at radius 3 is 2.48 bits per heavy atom. The maximum atomic E-state index is 12.6. The van der Waals surface area contributed by atoms with Gasteiger partial charge < -0.3 is 15.0 Å². The maximum absolute atomic E-state index is 12.6. The third-order valence-corrected chi connectivity index (χ3v) is 3.94. The lowest BCUT2D eigenvalue weighted by atomic mass is 10.0. The smallest absolute Gasteiger partial charge is 0.225 e. The molecule has 0 bridgehead atoms. The summed E-state index contributed by atoms with van der Waals surface area (Å²) >= 11 is 0. The van der Waals surface area contributed by atoms with Crippen LogP contribution in [0.1, 0.15) is 30.5 Å². The Bertz CT molecular complexity index is 716. The fourth-order valence-electron chi connectivity index (χ4n) is 2.65. The highest BCUT2D eigenvalue weighted by molar-refractivity contribution is 5.79. The van der Waals surface area contributed by atoms with E-state index >= 15 is 0 Å². The zero-order chi connectivity index (χ0) is 18.2. The zero-order valence-electron chi connectivity index (χ0n) is 14.9. The standard InChI is InChI=1S/C20H24N2O3/c1-15(23)21-19(17-9-5-4-6-10-17)13-20(24)22(2)14-16-8-7-11-18(12-16)25-3/h4-12,19H,13-14H2,1-3H3,(H,21,23)/t19-/m1/s1. The molecule has 0 aliphatic carbocycles. The molecule has 0 aromatic heterocycles. The number of amides is 2. The van der Waals surface area contributed by atoms with Crippen LogP contribution in [0.4, 0.5) is 0 Å². The van der Waals surface area contributed by atoms with Gasteiger partial charge in [0.2, 0.25) is 11.8 Å². The Kier molecular flexibility index (Phi) is 6.57. The highest BCUT2D eigenvalue weighted by atomic mass is 16.5. The molecule has 0 saturated heterocycles. The highest BCUT2D eigenvalue weighted by Gasteiger charge is 2.19. The van der Waals surface area contributed by atoms with Crippen molar-refractivity contribution in [2.24, 2.45) is 0 Å². The largest absolute Gasteiger partial charge is 0.497 e. The number of benzene rings is 2. The zero-order valence-corrected chi connectivity index (χ0v) is 14.9. The first kappa shape index (κ1) is 18.5. The van der Waals surface area contributed by atoms with E-state index < -0.39 is 0 Å². The fraction of sp³-hybridized carbons (Fsp3) is 0.300. The Morgan fingerprint density at radius 2 is 1.84 bits per heavy atom. The van der Waals surface area contributed by atoms with Crippen molar-refractivity contribution in [2.75, 3.05) is 14.2 Å². The van der Waals surface area contributed by atoms with Gasteiger partial charge in [-0.2, -0.15) is 0 Å². The van der Waals surface area contributed by atoms with Crippen molar-refractivity contribution in [1.82, 2.24) is 10.2 Å². The van der Waals surface area contributed by atoms with Crippen LogP contribution in [0.3, 0.4) is 0 Å². The monoisotopic (exact) mass is 340 g/mol. The van der Waals surface area contributed by atoms with Crippen molar-refractivity contribution in [3.8, 4) is 5.75 Å². The van der Waals surface area contributed by atoms with Gasteiger partial charge >= 0.3 is 0 Å². The molecule has 0 unspecified atom stereocenters. The van der Waals surface area contributed by atoms with E-state index in [4.69, 9.17) is 4.74 Å². The molecule has 1 atom stereocenters. The number of ether oxygens (including phenoxy) is 1. The number of rotatable bonds is 7. The lowest BCUT2D eigenvalue weighted by Crippen LogP contribution is -2.33. The minimum atomic E-state index is -0.334. The SMILES string of the molecule is COc1cccc(CN(C)C(=O)C[C@@H](NC(C)=O)c2ccccc2)c1. The minimum absolute atomic E-state index is 0.0366. The second-order valence-corrected chi connectivity index (χ2v) is 5.97. The summed E-state index contributed by atoms with van der Waals surface area (Å²) < 4.78 is 5.21. The van der Waals surface area contributed by atoms with Gasteiger partial charge in [0.25, 0.3) is 0 Å². The van der Waals surface area contributed by atoms with E-state index in [1.54, 1.807) is 19.1 Å². The molecule has 132 valence electrons. The molecule has 0 heterocycles. The number of carbonyl (C=O) groups is 2. The van der Waals surface area contributed by atoms with Crippen molar-refractivity contribution >= 4 is 11.8 Å². The lowest BCUT2D eigenvalue weighted by Gasteiger charge is -2.23. The molecular weight excluding hydrogens is 316 g/mol. The van der Waals surface area contributed by atoms with Gasteiger partial charge in [-0.1, -0.05) is 42.5 Å². The average molecular weight is 340 g/mol. The van der Waals surface area contributed by atoms with E-state index in [0.29, 0.717) is 6.54 Å². The van der Waals surface area contributed by atoms with Crippen LogP contribution in [0, 0.1) is 0 Å². The molecule has 0 spiro atoms. The first-order chi connectivity index (χ1) is 12.0. The average Bonchev–Trinajstić information content (AvgIpc) is 2.61. The van der Waals surface area contributed by atoms with Crippen LogP contribution in [0.15, 0.2) is 54.6 Å². The molecule has 25 heavy (non-hydrogen) atoms. The van der Waals surface area contributed by atoms with Crippen molar-refractivity contribution in [1.29, 1.82) is 0 Å². The van der Waals surface area contributed by atoms with E-state index in [1.807, 2.05) is 54.6 Å². The Balaban J connectivity index is 2.05. The number of nitrogens with one attached hydrogen (secondary N) is 1. The van der Waals surface area contributed by atoms with E-state index in [9.17, 15) is 9.59 Å². The molecule has 0 aliphatic rings. The third-order valence-electron chi connectivity index (χ3n) is 3.94. The fourth-order valence-corrected chi connectivity index (χ4v) is 2.65. The first-order valence-corrected chi connectivity index (χ1v) is 8.18. The van der Waals surface area contributed by atoms with Crippen LogP contribution in [-0.2, 0) is 16.1 Å². The maximum Gasteiger partial charge on any atom is 0.225 e. The summed E-state index contributed by atoms with van der Waals surface area (Å²) in [6, 6.07) is 16.8. The summed E-state index contributed by atoms with van der Waals surface area (Å²) in [4.78, 5) is 25.8. The Hall–Kier alpha value is -2.82. The van der Waals surface area contributed by atoms with Gasteiger partial charge in [-0.15, -0.1) is 0 Å². The normalized spacial score (nSPS) is 11.5. The first-order valence-electron chi connectivity index (χ1n) is 8.18. The summed E-state index contributed by atoms with van der Waals surface area (Å²) in [5.74, 6) is 0.571. The molecule has 2 rings (SSSR count). The topological polar surface area (TPSA) is 58.6 Å². The molecule has 0 radical (unpaired) electrons. The van der Waals surface area contributed by atoms with Gasteiger partial charge in [0.15, 0.2) is 0 Å². The summed E-state index contributed by atoms with van der Waals surface area (Å²) in [6.07, 6.45) is 0.212. The summed E-state index contributed by atoms with van der Waals surface area (Å²) in [5, 5.41) is 2.86. The van der Waals surface area contributed by atoms with Gasteiger partial charge in [-0.3, -0.25) is 9.59 Å². The van der Waals surface area contributed by atoms with Crippen molar-refractivity contribution in [3.05, 3.63) is 65.7 Å². The quantitative estimate of drug-likeness (QED) is 0.843. The summed E-state index contributed by atoms with van der Waals surface area (Å²) in [5.41, 5.74) is 1.91. The van der Waals surface area contributed by atoms with Crippen molar-refractivity contribution in [2.45, 2.75) is 25.9 Å². The van der Waals surface area contributed by atoms with Crippen LogP contribution in [-0.4, -0.2) is 30.9 Å². The molecule has 2 aromatic carbocycles. The Morgan fingerprint density at radius 1 is 1.12 bits per heavy atom. The number of carbonyl (C=O) groups excluding carboxylic acids is 2. The number of hydrogen-bond acceptors (Lipinski definition) is 3. The molecule has 5 heteroatoms. The van der Waals surface area contributed by atoms with Crippen molar-refractivity contribution < 1.29 is 14.3 Å². The van der Waals surface area contributed by atoms with Gasteiger partial charge in [0, 0.05) is 20.5 Å². The molecule has 5 nitrogen and oxygen atoms in total. The number of hydrogen-bond donors (Lipinski definition) is 1. The summed E-state index contributed by atoms with van der Waals surface area (Å²) in [7, 11) is 3.38. The van der Waals surface area contributed by atoms with Crippen LogP contribution in [0.25, 0.3) is 0 Å². The summed E-state index contributed by atoms with van der Waals surface area (Å²) in [6.45, 7) is 1.94. The van der Waals surface area contributed by atoms with Crippen LogP contribution in [0.5, 0.6) is 5.75 Å². The van der Waals surface area contributed by atoms with E-state index in [-0.39, 0.29) is 24.3 Å². The van der Waals surface area contributed by atoms with Crippen LogP contribution in [0.2, 0.25) is 0 Å². The molecular formula is C20H24N2O3. The van der Waals surface area contributed by atoms with E-state index in [2.05, 4.69) is 5.32 Å². The lowest BCUT2D eigenvalue weighted by molar-refractivity contribution is -0.131. The van der Waals surface area contributed by atoms with Crippen LogP contribution >= 0.6 is 0 Å². The van der Waals surface area contributed by atoms with Gasteiger partial charge in [0.1, 0.15) is 5.75 Å². The van der Waals surface area contributed by atoms with Gasteiger partial charge in [0.05, 0.1) is 19.6 Å². The van der Waals surface area contributed by atoms with Gasteiger partial charge in [-0.05, 0) is 23.3 Å². The molecule has 0 saturated carbocycles. The van der Waals surface area contributed by atoms with E-state index in [0.717, 1.165) is 16.9 Å². The molecule has 0 fully saturated rings. The second-order valence-electron chi connectivity index (χ2n) is 5.97. The molecule has 2 amide bonds. The second kappa shape index (κ2) is 8.87. The number of methoxy groups -OCH3 is 1. The van der Waals surface area contributed by atoms with Crippen molar-refractivity contribution in [3.63, 3.8) is 0 Å². The minimum Gasteiger partial charge on any atom is -0.497 e. The van der Waals surface area contributed by atoms with Gasteiger partial charge in [-0.25, -0.2) is 0 Å².